The summed E-state index contributed by atoms with van der Waals surface area (Å²) in [5.74, 6) is 0.245. The number of rotatable bonds is 7. The number of nitrogens with zero attached hydrogens (tertiary/aromatic N) is 2. The van der Waals surface area contributed by atoms with Gasteiger partial charge in [0.1, 0.15) is 11.6 Å². The van der Waals surface area contributed by atoms with Crippen LogP contribution in [0.1, 0.15) is 42.3 Å². The first kappa shape index (κ1) is 21.1. The van der Waals surface area contributed by atoms with Crippen molar-refractivity contribution in [1.82, 2.24) is 9.78 Å². The highest BCUT2D eigenvalue weighted by Crippen LogP contribution is 2.22. The number of hydrogen-bond acceptors (Lipinski definition) is 4. The molecular formula is C23H26N4O3. The van der Waals surface area contributed by atoms with E-state index in [-0.39, 0.29) is 17.9 Å². The van der Waals surface area contributed by atoms with Crippen LogP contribution in [0, 0.1) is 0 Å². The number of amides is 2. The lowest BCUT2D eigenvalue weighted by Crippen LogP contribution is -2.22. The molecule has 0 unspecified atom stereocenters. The molecule has 30 heavy (non-hydrogen) atoms. The van der Waals surface area contributed by atoms with Crippen LogP contribution in [0.2, 0.25) is 0 Å². The maximum absolute atomic E-state index is 12.3. The van der Waals surface area contributed by atoms with E-state index in [1.165, 1.54) is 5.56 Å². The number of ether oxygens (including phenoxy) is 1. The van der Waals surface area contributed by atoms with E-state index in [0.29, 0.717) is 23.7 Å². The number of carbonyl (C=O) groups is 2. The van der Waals surface area contributed by atoms with Crippen molar-refractivity contribution in [3.63, 3.8) is 0 Å². The SMILES string of the molecule is CC(C)(C)c1ccc(Cn2nccc2NC(=O)COc2ccc(C(N)=O)cc2)cc1. The van der Waals surface area contributed by atoms with Gasteiger partial charge in [-0.1, -0.05) is 45.0 Å². The Morgan fingerprint density at radius 3 is 2.30 bits per heavy atom. The second-order valence-corrected chi connectivity index (χ2v) is 8.05. The van der Waals surface area contributed by atoms with Gasteiger partial charge < -0.3 is 15.8 Å². The molecule has 0 aliphatic heterocycles. The molecule has 2 aromatic carbocycles. The van der Waals surface area contributed by atoms with Crippen molar-refractivity contribution in [1.29, 1.82) is 0 Å². The molecule has 3 rings (SSSR count). The van der Waals surface area contributed by atoms with Gasteiger partial charge in [-0.15, -0.1) is 0 Å². The maximum Gasteiger partial charge on any atom is 0.263 e. The molecule has 0 saturated carbocycles. The quantitative estimate of drug-likeness (QED) is 0.628. The summed E-state index contributed by atoms with van der Waals surface area (Å²) in [5.41, 5.74) is 8.04. The first-order chi connectivity index (χ1) is 14.2. The van der Waals surface area contributed by atoms with Crippen LogP contribution in [0.25, 0.3) is 0 Å². The molecule has 0 bridgehead atoms. The molecule has 0 aliphatic rings. The number of hydrogen-bond donors (Lipinski definition) is 2. The number of aromatic nitrogens is 2. The van der Waals surface area contributed by atoms with Crippen LogP contribution < -0.4 is 15.8 Å². The lowest BCUT2D eigenvalue weighted by molar-refractivity contribution is -0.118. The summed E-state index contributed by atoms with van der Waals surface area (Å²) < 4.78 is 7.19. The van der Waals surface area contributed by atoms with Crippen molar-refractivity contribution in [2.75, 3.05) is 11.9 Å². The van der Waals surface area contributed by atoms with E-state index in [1.54, 1.807) is 41.2 Å². The van der Waals surface area contributed by atoms with Crippen molar-refractivity contribution < 1.29 is 14.3 Å². The van der Waals surface area contributed by atoms with Crippen LogP contribution >= 0.6 is 0 Å². The normalized spacial score (nSPS) is 11.2. The molecule has 3 aromatic rings. The van der Waals surface area contributed by atoms with E-state index in [2.05, 4.69) is 55.5 Å². The zero-order valence-electron chi connectivity index (χ0n) is 17.4. The summed E-state index contributed by atoms with van der Waals surface area (Å²) in [5, 5.41) is 7.11. The lowest BCUT2D eigenvalue weighted by Gasteiger charge is -2.19. The number of anilines is 1. The molecule has 3 N–H and O–H groups in total. The summed E-state index contributed by atoms with van der Waals surface area (Å²) in [6.45, 7) is 6.91. The molecule has 0 radical (unpaired) electrons. The van der Waals surface area contributed by atoms with Gasteiger partial charge >= 0.3 is 0 Å². The van der Waals surface area contributed by atoms with Crippen LogP contribution in [-0.4, -0.2) is 28.2 Å². The fourth-order valence-corrected chi connectivity index (χ4v) is 2.89. The van der Waals surface area contributed by atoms with E-state index in [0.717, 1.165) is 5.56 Å². The molecule has 2 amide bonds. The van der Waals surface area contributed by atoms with Crippen molar-refractivity contribution >= 4 is 17.6 Å². The second kappa shape index (κ2) is 8.82. The molecule has 1 aromatic heterocycles. The van der Waals surface area contributed by atoms with Gasteiger partial charge in [-0.25, -0.2) is 4.68 Å². The number of nitrogens with one attached hydrogen (secondary N) is 1. The van der Waals surface area contributed by atoms with E-state index >= 15 is 0 Å². The Morgan fingerprint density at radius 1 is 1.03 bits per heavy atom. The molecule has 156 valence electrons. The van der Waals surface area contributed by atoms with Gasteiger partial charge in [-0.05, 0) is 40.8 Å². The van der Waals surface area contributed by atoms with E-state index < -0.39 is 5.91 Å². The Balaban J connectivity index is 1.57. The average molecular weight is 406 g/mol. The highest BCUT2D eigenvalue weighted by atomic mass is 16.5. The van der Waals surface area contributed by atoms with Gasteiger partial charge in [0.25, 0.3) is 5.91 Å². The van der Waals surface area contributed by atoms with E-state index in [1.807, 2.05) is 0 Å². The molecule has 0 fully saturated rings. The first-order valence-corrected chi connectivity index (χ1v) is 9.66. The largest absolute Gasteiger partial charge is 0.484 e. The molecule has 0 atom stereocenters. The number of primary amides is 1. The van der Waals surface area contributed by atoms with Crippen LogP contribution in [0.15, 0.2) is 60.8 Å². The molecule has 1 heterocycles. The van der Waals surface area contributed by atoms with Crippen LogP contribution in [0.4, 0.5) is 5.82 Å². The Kier molecular flexibility index (Phi) is 6.20. The predicted octanol–water partition coefficient (Wildman–Crippen LogP) is 3.35. The topological polar surface area (TPSA) is 99.2 Å². The fourth-order valence-electron chi connectivity index (χ4n) is 2.89. The second-order valence-electron chi connectivity index (χ2n) is 8.05. The Labute approximate surface area is 175 Å². The molecular weight excluding hydrogens is 380 g/mol. The van der Waals surface area contributed by atoms with Crippen LogP contribution in [0.3, 0.4) is 0 Å². The lowest BCUT2D eigenvalue weighted by atomic mass is 9.87. The van der Waals surface area contributed by atoms with Crippen molar-refractivity contribution in [3.05, 3.63) is 77.5 Å². The minimum Gasteiger partial charge on any atom is -0.484 e. The summed E-state index contributed by atoms with van der Waals surface area (Å²) in [4.78, 5) is 23.4. The van der Waals surface area contributed by atoms with Crippen molar-refractivity contribution in [2.45, 2.75) is 32.7 Å². The summed E-state index contributed by atoms with van der Waals surface area (Å²) in [6.07, 6.45) is 1.64. The average Bonchev–Trinajstić information content (AvgIpc) is 3.13. The number of benzene rings is 2. The van der Waals surface area contributed by atoms with E-state index in [9.17, 15) is 9.59 Å². The molecule has 0 spiro atoms. The van der Waals surface area contributed by atoms with Gasteiger partial charge in [-0.3, -0.25) is 9.59 Å². The van der Waals surface area contributed by atoms with Crippen molar-refractivity contribution in [3.8, 4) is 5.75 Å². The third-order valence-corrected chi connectivity index (χ3v) is 4.65. The summed E-state index contributed by atoms with van der Waals surface area (Å²) >= 11 is 0. The van der Waals surface area contributed by atoms with Crippen LogP contribution in [0.5, 0.6) is 5.75 Å². The minimum absolute atomic E-state index is 0.101. The van der Waals surface area contributed by atoms with Crippen molar-refractivity contribution in [2.24, 2.45) is 5.73 Å². The number of carbonyl (C=O) groups excluding carboxylic acids is 2. The zero-order chi connectivity index (χ0) is 21.7. The Hall–Kier alpha value is -3.61. The van der Waals surface area contributed by atoms with Gasteiger partial charge in [0.15, 0.2) is 6.61 Å². The highest BCUT2D eigenvalue weighted by Gasteiger charge is 2.13. The molecule has 7 heteroatoms. The van der Waals surface area contributed by atoms with Gasteiger partial charge in [-0.2, -0.15) is 5.10 Å². The summed E-state index contributed by atoms with van der Waals surface area (Å²) in [6, 6.07) is 16.4. The molecule has 0 saturated heterocycles. The molecule has 7 nitrogen and oxygen atoms in total. The van der Waals surface area contributed by atoms with Crippen LogP contribution in [-0.2, 0) is 16.8 Å². The maximum atomic E-state index is 12.3. The summed E-state index contributed by atoms with van der Waals surface area (Å²) in [7, 11) is 0. The van der Waals surface area contributed by atoms with Gasteiger partial charge in [0.05, 0.1) is 12.7 Å². The first-order valence-electron chi connectivity index (χ1n) is 9.66. The number of nitrogens with two attached hydrogens (primary N) is 1. The highest BCUT2D eigenvalue weighted by molar-refractivity contribution is 5.93. The predicted molar refractivity (Wildman–Crippen MR) is 116 cm³/mol. The molecule has 0 aliphatic carbocycles. The minimum atomic E-state index is -0.513. The van der Waals surface area contributed by atoms with Gasteiger partial charge in [0.2, 0.25) is 5.91 Å². The third-order valence-electron chi connectivity index (χ3n) is 4.65. The fraction of sp³-hybridized carbons (Fsp3) is 0.261. The van der Waals surface area contributed by atoms with Gasteiger partial charge in [0, 0.05) is 11.6 Å². The Bertz CT molecular complexity index is 1020. The standard InChI is InChI=1S/C23H26N4O3/c1-23(2,3)18-8-4-16(5-9-18)14-27-20(12-13-25-27)26-21(28)15-30-19-10-6-17(7-11-19)22(24)29/h4-13H,14-15H2,1-3H3,(H2,24,29)(H,26,28). The monoisotopic (exact) mass is 406 g/mol. The third kappa shape index (κ3) is 5.47. The smallest absolute Gasteiger partial charge is 0.263 e. The van der Waals surface area contributed by atoms with E-state index in [4.69, 9.17) is 10.5 Å². The zero-order valence-corrected chi connectivity index (χ0v) is 17.4. The Morgan fingerprint density at radius 2 is 1.70 bits per heavy atom.